The van der Waals surface area contributed by atoms with Crippen LogP contribution in [0.25, 0.3) is 10.8 Å². The van der Waals surface area contributed by atoms with E-state index in [0.717, 1.165) is 12.0 Å². The van der Waals surface area contributed by atoms with Gasteiger partial charge in [-0.15, -0.1) is 0 Å². The highest BCUT2D eigenvalue weighted by atomic mass is 16.6. The van der Waals surface area contributed by atoms with E-state index in [1.165, 1.54) is 6.26 Å². The van der Waals surface area contributed by atoms with E-state index >= 15 is 0 Å². The maximum absolute atomic E-state index is 11.6. The van der Waals surface area contributed by atoms with Gasteiger partial charge >= 0.3 is 5.63 Å². The Morgan fingerprint density at radius 2 is 2.25 bits per heavy atom. The lowest BCUT2D eigenvalue weighted by Crippen LogP contribution is -2.07. The normalized spacial score (nSPS) is 18.6. The first-order valence-corrected chi connectivity index (χ1v) is 5.09. The molecular weight excluding hydrogens is 208 g/mol. The highest BCUT2D eigenvalue weighted by molar-refractivity contribution is 5.86. The van der Waals surface area contributed by atoms with Crippen molar-refractivity contribution in [3.8, 4) is 5.75 Å². The molecule has 1 aromatic carbocycles. The summed E-state index contributed by atoms with van der Waals surface area (Å²) in [5, 5.41) is 1.32. The summed E-state index contributed by atoms with van der Waals surface area (Å²) in [6.07, 6.45) is 1.56. The first-order valence-electron chi connectivity index (χ1n) is 5.09. The number of hydrogen-bond acceptors (Lipinski definition) is 4. The maximum atomic E-state index is 11.6. The third kappa shape index (κ3) is 1.67. The van der Waals surface area contributed by atoms with Crippen LogP contribution in [0.4, 0.5) is 0 Å². The predicted molar refractivity (Wildman–Crippen MR) is 57.7 cm³/mol. The molecule has 0 radical (unpaired) electrons. The first-order chi connectivity index (χ1) is 7.84. The van der Waals surface area contributed by atoms with Gasteiger partial charge in [0, 0.05) is 0 Å². The fourth-order valence-corrected chi connectivity index (χ4v) is 1.60. The molecule has 0 spiro atoms. The Kier molecular flexibility index (Phi) is 2.15. The van der Waals surface area contributed by atoms with Crippen molar-refractivity contribution in [3.05, 3.63) is 40.9 Å². The summed E-state index contributed by atoms with van der Waals surface area (Å²) in [7, 11) is 0. The average molecular weight is 218 g/mol. The Labute approximate surface area is 91.4 Å². The zero-order valence-electron chi connectivity index (χ0n) is 8.51. The predicted octanol–water partition coefficient (Wildman–Crippen LogP) is 1.57. The van der Waals surface area contributed by atoms with Crippen molar-refractivity contribution in [2.45, 2.75) is 6.10 Å². The van der Waals surface area contributed by atoms with Gasteiger partial charge in [-0.3, -0.25) is 0 Å². The second-order valence-corrected chi connectivity index (χ2v) is 3.69. The first kappa shape index (κ1) is 9.42. The molecule has 1 atom stereocenters. The Hall–Kier alpha value is -1.81. The minimum Gasteiger partial charge on any atom is -0.490 e. The molecule has 3 rings (SSSR count). The summed E-state index contributed by atoms with van der Waals surface area (Å²) >= 11 is 0. The van der Waals surface area contributed by atoms with E-state index in [9.17, 15) is 4.79 Å². The molecular formula is C12H10O4. The second-order valence-electron chi connectivity index (χ2n) is 3.69. The molecule has 0 N–H and O–H groups in total. The SMILES string of the molecule is O=c1occc2cccc(OCC3CO3)c12. The summed E-state index contributed by atoms with van der Waals surface area (Å²) in [6.45, 7) is 1.22. The van der Waals surface area contributed by atoms with Crippen molar-refractivity contribution >= 4 is 10.8 Å². The molecule has 2 aromatic rings. The lowest BCUT2D eigenvalue weighted by molar-refractivity contribution is 0.265. The number of hydrogen-bond donors (Lipinski definition) is 0. The van der Waals surface area contributed by atoms with Crippen LogP contribution in [-0.4, -0.2) is 19.3 Å². The standard InChI is InChI=1S/C12H10O4/c13-12-11-8(4-5-14-12)2-1-3-10(11)16-7-9-6-15-9/h1-5,9H,6-7H2. The fourth-order valence-electron chi connectivity index (χ4n) is 1.60. The molecule has 0 saturated carbocycles. The lowest BCUT2D eigenvalue weighted by atomic mass is 10.2. The van der Waals surface area contributed by atoms with Crippen LogP contribution < -0.4 is 10.4 Å². The molecule has 4 nitrogen and oxygen atoms in total. The van der Waals surface area contributed by atoms with Crippen LogP contribution in [0, 0.1) is 0 Å². The molecule has 1 fully saturated rings. The topological polar surface area (TPSA) is 52.0 Å². The van der Waals surface area contributed by atoms with Crippen LogP contribution in [-0.2, 0) is 4.74 Å². The van der Waals surface area contributed by atoms with Gasteiger partial charge < -0.3 is 13.9 Å². The number of rotatable bonds is 3. The molecule has 1 aliphatic rings. The Bertz CT molecular complexity index is 563. The minimum atomic E-state index is -0.371. The molecule has 0 amide bonds. The van der Waals surface area contributed by atoms with Crippen molar-refractivity contribution in [1.82, 2.24) is 0 Å². The molecule has 2 heterocycles. The highest BCUT2D eigenvalue weighted by Gasteiger charge is 2.23. The van der Waals surface area contributed by atoms with E-state index in [2.05, 4.69) is 0 Å². The zero-order chi connectivity index (χ0) is 11.0. The van der Waals surface area contributed by atoms with Gasteiger partial charge in [-0.2, -0.15) is 0 Å². The van der Waals surface area contributed by atoms with Gasteiger partial charge in [0.1, 0.15) is 23.8 Å². The number of benzene rings is 1. The summed E-state index contributed by atoms with van der Waals surface area (Å²) < 4.78 is 15.4. The van der Waals surface area contributed by atoms with Gasteiger partial charge in [-0.1, -0.05) is 12.1 Å². The molecule has 4 heteroatoms. The van der Waals surface area contributed by atoms with Gasteiger partial charge in [0.25, 0.3) is 0 Å². The third-order valence-electron chi connectivity index (χ3n) is 2.51. The van der Waals surface area contributed by atoms with E-state index in [-0.39, 0.29) is 11.7 Å². The van der Waals surface area contributed by atoms with E-state index in [1.54, 1.807) is 12.1 Å². The maximum Gasteiger partial charge on any atom is 0.347 e. The van der Waals surface area contributed by atoms with Crippen molar-refractivity contribution in [1.29, 1.82) is 0 Å². The van der Waals surface area contributed by atoms with E-state index in [0.29, 0.717) is 17.7 Å². The van der Waals surface area contributed by atoms with Crippen molar-refractivity contribution < 1.29 is 13.9 Å². The molecule has 1 aliphatic heterocycles. The molecule has 0 bridgehead atoms. The van der Waals surface area contributed by atoms with Crippen molar-refractivity contribution in [3.63, 3.8) is 0 Å². The summed E-state index contributed by atoms with van der Waals surface area (Å²) in [5.74, 6) is 0.558. The highest BCUT2D eigenvalue weighted by Crippen LogP contribution is 2.23. The number of epoxide rings is 1. The van der Waals surface area contributed by atoms with Gasteiger partial charge in [-0.05, 0) is 17.5 Å². The Morgan fingerprint density at radius 1 is 1.38 bits per heavy atom. The van der Waals surface area contributed by atoms with Crippen molar-refractivity contribution in [2.24, 2.45) is 0 Å². The molecule has 82 valence electrons. The molecule has 16 heavy (non-hydrogen) atoms. The Balaban J connectivity index is 2.04. The van der Waals surface area contributed by atoms with Gasteiger partial charge in [0.15, 0.2) is 0 Å². The van der Waals surface area contributed by atoms with Crippen molar-refractivity contribution in [2.75, 3.05) is 13.2 Å². The van der Waals surface area contributed by atoms with Crippen LogP contribution in [0.15, 0.2) is 39.7 Å². The third-order valence-corrected chi connectivity index (χ3v) is 2.51. The molecule has 1 aromatic heterocycles. The van der Waals surface area contributed by atoms with Gasteiger partial charge in [0.05, 0.1) is 12.9 Å². The van der Waals surface area contributed by atoms with E-state index in [4.69, 9.17) is 13.9 Å². The minimum absolute atomic E-state index is 0.172. The second kappa shape index (κ2) is 3.64. The van der Waals surface area contributed by atoms with Gasteiger partial charge in [0.2, 0.25) is 0 Å². The van der Waals surface area contributed by atoms with Crippen LogP contribution in [0.1, 0.15) is 0 Å². The van der Waals surface area contributed by atoms with Gasteiger partial charge in [-0.25, -0.2) is 4.79 Å². The Morgan fingerprint density at radius 3 is 3.06 bits per heavy atom. The average Bonchev–Trinajstić information content (AvgIpc) is 3.10. The number of ether oxygens (including phenoxy) is 2. The van der Waals surface area contributed by atoms with Crippen LogP contribution >= 0.6 is 0 Å². The summed E-state index contributed by atoms with van der Waals surface area (Å²) in [4.78, 5) is 11.6. The molecule has 1 saturated heterocycles. The summed E-state index contributed by atoms with van der Waals surface area (Å²) in [6, 6.07) is 7.22. The fraction of sp³-hybridized carbons (Fsp3) is 0.250. The molecule has 0 aliphatic carbocycles. The van der Waals surface area contributed by atoms with Crippen LogP contribution in [0.2, 0.25) is 0 Å². The van der Waals surface area contributed by atoms with E-state index in [1.807, 2.05) is 12.1 Å². The lowest BCUT2D eigenvalue weighted by Gasteiger charge is -2.06. The van der Waals surface area contributed by atoms with Crippen LogP contribution in [0.3, 0.4) is 0 Å². The summed E-state index contributed by atoms with van der Waals surface area (Å²) in [5.41, 5.74) is -0.371. The monoisotopic (exact) mass is 218 g/mol. The quantitative estimate of drug-likeness (QED) is 0.734. The zero-order valence-corrected chi connectivity index (χ0v) is 8.51. The van der Waals surface area contributed by atoms with E-state index < -0.39 is 0 Å². The molecule has 1 unspecified atom stereocenters. The number of fused-ring (bicyclic) bond motifs is 1. The van der Waals surface area contributed by atoms with Crippen LogP contribution in [0.5, 0.6) is 5.75 Å². The smallest absolute Gasteiger partial charge is 0.347 e. The largest absolute Gasteiger partial charge is 0.490 e.